The fourth-order valence-electron chi connectivity index (χ4n) is 1.44. The number of halogens is 1. The van der Waals surface area contributed by atoms with Crippen molar-refractivity contribution in [2.45, 2.75) is 0 Å². The number of benzene rings is 2. The number of ether oxygens (including phenoxy) is 2. The van der Waals surface area contributed by atoms with Gasteiger partial charge in [0.2, 0.25) is 0 Å². The van der Waals surface area contributed by atoms with Gasteiger partial charge in [0.25, 0.3) is 0 Å². The summed E-state index contributed by atoms with van der Waals surface area (Å²) in [6.45, 7) is 0. The Morgan fingerprint density at radius 3 is 2.56 bits per heavy atom. The summed E-state index contributed by atoms with van der Waals surface area (Å²) in [5.74, 6) is 2.07. The van der Waals surface area contributed by atoms with Crippen LogP contribution in [0.5, 0.6) is 17.2 Å². The maximum atomic E-state index is 8.78. The molecule has 0 bridgehead atoms. The van der Waals surface area contributed by atoms with Crippen molar-refractivity contribution in [1.82, 2.24) is 0 Å². The molecule has 18 heavy (non-hydrogen) atoms. The SMILES string of the molecule is COc1cccc(Oc2ccc(C#N)cc2Br)c1. The normalized spacial score (nSPS) is 9.61. The van der Waals surface area contributed by atoms with Crippen LogP contribution in [0.15, 0.2) is 46.9 Å². The van der Waals surface area contributed by atoms with E-state index in [9.17, 15) is 0 Å². The van der Waals surface area contributed by atoms with Gasteiger partial charge in [0, 0.05) is 6.07 Å². The third-order valence-electron chi connectivity index (χ3n) is 2.33. The van der Waals surface area contributed by atoms with Gasteiger partial charge in [-0.3, -0.25) is 0 Å². The van der Waals surface area contributed by atoms with Crippen LogP contribution in [0.2, 0.25) is 0 Å². The van der Waals surface area contributed by atoms with E-state index in [-0.39, 0.29) is 0 Å². The summed E-state index contributed by atoms with van der Waals surface area (Å²) in [6, 6.07) is 14.6. The van der Waals surface area contributed by atoms with Crippen molar-refractivity contribution in [2.24, 2.45) is 0 Å². The Bertz CT molecular complexity index is 605. The van der Waals surface area contributed by atoms with E-state index in [0.717, 1.165) is 10.2 Å². The maximum absolute atomic E-state index is 8.78. The van der Waals surface area contributed by atoms with Crippen molar-refractivity contribution in [3.63, 3.8) is 0 Å². The number of hydrogen-bond acceptors (Lipinski definition) is 3. The van der Waals surface area contributed by atoms with E-state index in [4.69, 9.17) is 14.7 Å². The Kier molecular flexibility index (Phi) is 3.85. The zero-order chi connectivity index (χ0) is 13.0. The summed E-state index contributed by atoms with van der Waals surface area (Å²) in [6.07, 6.45) is 0. The molecule has 3 nitrogen and oxygen atoms in total. The van der Waals surface area contributed by atoms with Gasteiger partial charge < -0.3 is 9.47 Å². The fraction of sp³-hybridized carbons (Fsp3) is 0.0714. The molecular weight excluding hydrogens is 294 g/mol. The molecule has 0 N–H and O–H groups in total. The fourth-order valence-corrected chi connectivity index (χ4v) is 1.90. The Balaban J connectivity index is 2.26. The largest absolute Gasteiger partial charge is 0.497 e. The van der Waals surface area contributed by atoms with E-state index < -0.39 is 0 Å². The number of nitrogens with zero attached hydrogens (tertiary/aromatic N) is 1. The smallest absolute Gasteiger partial charge is 0.141 e. The summed E-state index contributed by atoms with van der Waals surface area (Å²) in [4.78, 5) is 0. The predicted molar refractivity (Wildman–Crippen MR) is 71.9 cm³/mol. The first-order valence-electron chi connectivity index (χ1n) is 5.24. The molecule has 2 rings (SSSR count). The van der Waals surface area contributed by atoms with Crippen LogP contribution >= 0.6 is 15.9 Å². The lowest BCUT2D eigenvalue weighted by Crippen LogP contribution is -1.88. The molecule has 0 saturated heterocycles. The summed E-state index contributed by atoms with van der Waals surface area (Å²) in [5.41, 5.74) is 0.583. The highest BCUT2D eigenvalue weighted by Gasteiger charge is 2.04. The molecule has 0 saturated carbocycles. The van der Waals surface area contributed by atoms with Crippen molar-refractivity contribution < 1.29 is 9.47 Å². The van der Waals surface area contributed by atoms with Gasteiger partial charge in [-0.25, -0.2) is 0 Å². The zero-order valence-corrected chi connectivity index (χ0v) is 11.3. The molecule has 0 fully saturated rings. The first-order chi connectivity index (χ1) is 8.72. The van der Waals surface area contributed by atoms with Crippen LogP contribution in [-0.2, 0) is 0 Å². The molecule has 0 heterocycles. The second kappa shape index (κ2) is 5.56. The number of rotatable bonds is 3. The molecule has 2 aromatic rings. The highest BCUT2D eigenvalue weighted by molar-refractivity contribution is 9.10. The molecule has 0 aromatic heterocycles. The van der Waals surface area contributed by atoms with E-state index >= 15 is 0 Å². The second-order valence-electron chi connectivity index (χ2n) is 3.54. The topological polar surface area (TPSA) is 42.2 Å². The molecule has 0 atom stereocenters. The number of hydrogen-bond donors (Lipinski definition) is 0. The highest BCUT2D eigenvalue weighted by atomic mass is 79.9. The minimum atomic E-state index is 0.583. The summed E-state index contributed by atoms with van der Waals surface area (Å²) in [7, 11) is 1.61. The van der Waals surface area contributed by atoms with Crippen LogP contribution in [0.25, 0.3) is 0 Å². The molecule has 0 aliphatic rings. The van der Waals surface area contributed by atoms with Gasteiger partial charge in [0.15, 0.2) is 0 Å². The summed E-state index contributed by atoms with van der Waals surface area (Å²) < 4.78 is 11.6. The lowest BCUT2D eigenvalue weighted by molar-refractivity contribution is 0.409. The van der Waals surface area contributed by atoms with Gasteiger partial charge in [-0.2, -0.15) is 5.26 Å². The minimum Gasteiger partial charge on any atom is -0.497 e. The lowest BCUT2D eigenvalue weighted by Gasteiger charge is -2.09. The van der Waals surface area contributed by atoms with Crippen molar-refractivity contribution in [3.8, 4) is 23.3 Å². The molecule has 2 aromatic carbocycles. The van der Waals surface area contributed by atoms with Crippen LogP contribution in [0, 0.1) is 11.3 Å². The first kappa shape index (κ1) is 12.5. The molecule has 0 amide bonds. The molecular formula is C14H10BrNO2. The van der Waals surface area contributed by atoms with Crippen molar-refractivity contribution >= 4 is 15.9 Å². The van der Waals surface area contributed by atoms with Crippen molar-refractivity contribution in [2.75, 3.05) is 7.11 Å². The standard InChI is InChI=1S/C14H10BrNO2/c1-17-11-3-2-4-12(8-11)18-14-6-5-10(9-16)7-13(14)15/h2-8H,1H3. The summed E-state index contributed by atoms with van der Waals surface area (Å²) >= 11 is 3.37. The average Bonchev–Trinajstić information content (AvgIpc) is 2.41. The van der Waals surface area contributed by atoms with Crippen LogP contribution < -0.4 is 9.47 Å². The number of methoxy groups -OCH3 is 1. The van der Waals surface area contributed by atoms with Crippen LogP contribution in [-0.4, -0.2) is 7.11 Å². The van der Waals surface area contributed by atoms with Gasteiger partial charge in [-0.05, 0) is 46.3 Å². The Morgan fingerprint density at radius 2 is 1.89 bits per heavy atom. The van der Waals surface area contributed by atoms with Crippen molar-refractivity contribution in [1.29, 1.82) is 5.26 Å². The molecule has 4 heteroatoms. The van der Waals surface area contributed by atoms with E-state index in [1.54, 1.807) is 31.4 Å². The predicted octanol–water partition coefficient (Wildman–Crippen LogP) is 4.12. The molecule has 0 unspecified atom stereocenters. The lowest BCUT2D eigenvalue weighted by atomic mass is 10.2. The van der Waals surface area contributed by atoms with Gasteiger partial charge in [0.1, 0.15) is 17.2 Å². The van der Waals surface area contributed by atoms with Crippen LogP contribution in [0.4, 0.5) is 0 Å². The zero-order valence-electron chi connectivity index (χ0n) is 9.68. The van der Waals surface area contributed by atoms with Gasteiger partial charge in [-0.1, -0.05) is 6.07 Å². The Morgan fingerprint density at radius 1 is 1.11 bits per heavy atom. The Labute approximate surface area is 114 Å². The molecule has 90 valence electrons. The Hall–Kier alpha value is -1.99. The van der Waals surface area contributed by atoms with E-state index in [1.165, 1.54) is 0 Å². The van der Waals surface area contributed by atoms with Gasteiger partial charge in [0.05, 0.1) is 23.2 Å². The van der Waals surface area contributed by atoms with Gasteiger partial charge >= 0.3 is 0 Å². The molecule has 0 aliphatic heterocycles. The van der Waals surface area contributed by atoms with Crippen molar-refractivity contribution in [3.05, 3.63) is 52.5 Å². The monoisotopic (exact) mass is 303 g/mol. The molecule has 0 radical (unpaired) electrons. The highest BCUT2D eigenvalue weighted by Crippen LogP contribution is 2.31. The maximum Gasteiger partial charge on any atom is 0.141 e. The third-order valence-corrected chi connectivity index (χ3v) is 2.95. The quantitative estimate of drug-likeness (QED) is 0.856. The van der Waals surface area contributed by atoms with E-state index in [1.807, 2.05) is 18.2 Å². The molecule has 0 aliphatic carbocycles. The summed E-state index contributed by atoms with van der Waals surface area (Å²) in [5, 5.41) is 8.78. The van der Waals surface area contributed by atoms with Gasteiger partial charge in [-0.15, -0.1) is 0 Å². The van der Waals surface area contributed by atoms with Crippen LogP contribution in [0.1, 0.15) is 5.56 Å². The third kappa shape index (κ3) is 2.82. The van der Waals surface area contributed by atoms with E-state index in [2.05, 4.69) is 22.0 Å². The van der Waals surface area contributed by atoms with Crippen LogP contribution in [0.3, 0.4) is 0 Å². The van der Waals surface area contributed by atoms with E-state index in [0.29, 0.717) is 17.1 Å². The minimum absolute atomic E-state index is 0.583. The second-order valence-corrected chi connectivity index (χ2v) is 4.39. The average molecular weight is 304 g/mol. The molecule has 0 spiro atoms. The first-order valence-corrected chi connectivity index (χ1v) is 6.04. The number of nitriles is 1.